The van der Waals surface area contributed by atoms with Crippen LogP contribution >= 0.6 is 0 Å². The van der Waals surface area contributed by atoms with Gasteiger partial charge in [-0.15, -0.1) is 0 Å². The molecule has 1 N–H and O–H groups in total. The molecule has 1 fully saturated rings. The van der Waals surface area contributed by atoms with Gasteiger partial charge in [-0.2, -0.15) is 13.2 Å². The Morgan fingerprint density at radius 1 is 1.37 bits per heavy atom. The minimum absolute atomic E-state index is 0.0316. The van der Waals surface area contributed by atoms with Gasteiger partial charge < -0.3 is 15.0 Å². The van der Waals surface area contributed by atoms with Gasteiger partial charge in [-0.3, -0.25) is 0 Å². The zero-order valence-corrected chi connectivity index (χ0v) is 11.8. The molecule has 0 aromatic carbocycles. The molecule has 0 spiro atoms. The number of alkyl halides is 3. The second-order valence-corrected chi connectivity index (χ2v) is 5.57. The monoisotopic (exact) mass is 282 g/mol. The van der Waals surface area contributed by atoms with Gasteiger partial charge in [0, 0.05) is 45.9 Å². The highest BCUT2D eigenvalue weighted by molar-refractivity contribution is 4.78. The molecule has 0 bridgehead atoms. The van der Waals surface area contributed by atoms with E-state index in [1.165, 1.54) is 0 Å². The van der Waals surface area contributed by atoms with Crippen LogP contribution in [-0.4, -0.2) is 57.0 Å². The maximum absolute atomic E-state index is 12.7. The summed E-state index contributed by atoms with van der Waals surface area (Å²) in [5.74, 6) is -0.761. The summed E-state index contributed by atoms with van der Waals surface area (Å²) in [7, 11) is 0. The van der Waals surface area contributed by atoms with Crippen molar-refractivity contribution in [2.45, 2.75) is 26.4 Å². The molecule has 1 saturated heterocycles. The summed E-state index contributed by atoms with van der Waals surface area (Å²) in [6.07, 6.45) is -3.32. The van der Waals surface area contributed by atoms with E-state index in [0.29, 0.717) is 38.8 Å². The second-order valence-electron chi connectivity index (χ2n) is 5.57. The molecule has 0 saturated carbocycles. The van der Waals surface area contributed by atoms with E-state index in [0.717, 1.165) is 6.42 Å². The van der Waals surface area contributed by atoms with Crippen LogP contribution in [0.2, 0.25) is 0 Å². The van der Waals surface area contributed by atoms with Crippen LogP contribution in [0.1, 0.15) is 20.3 Å². The molecule has 0 aliphatic carbocycles. The van der Waals surface area contributed by atoms with Crippen LogP contribution in [0.15, 0.2) is 0 Å². The zero-order valence-electron chi connectivity index (χ0n) is 11.8. The first-order chi connectivity index (χ1) is 8.89. The summed E-state index contributed by atoms with van der Waals surface area (Å²) in [6.45, 7) is 7.60. The van der Waals surface area contributed by atoms with Gasteiger partial charge in [0.15, 0.2) is 0 Å². The second kappa shape index (κ2) is 8.07. The van der Waals surface area contributed by atoms with Crippen molar-refractivity contribution in [3.63, 3.8) is 0 Å². The summed E-state index contributed by atoms with van der Waals surface area (Å²) in [6, 6.07) is 0. The van der Waals surface area contributed by atoms with E-state index in [9.17, 15) is 13.2 Å². The molecule has 1 aliphatic rings. The van der Waals surface area contributed by atoms with Crippen LogP contribution in [0.25, 0.3) is 0 Å². The van der Waals surface area contributed by atoms with Gasteiger partial charge in [0.1, 0.15) is 0 Å². The van der Waals surface area contributed by atoms with Crippen LogP contribution in [0, 0.1) is 11.8 Å². The molecule has 0 aromatic heterocycles. The molecular formula is C13H25F3N2O. The minimum atomic E-state index is -4.11. The normalized spacial score (nSPS) is 22.7. The van der Waals surface area contributed by atoms with Crippen molar-refractivity contribution < 1.29 is 17.9 Å². The number of hydrogen-bond donors (Lipinski definition) is 1. The summed E-state index contributed by atoms with van der Waals surface area (Å²) in [4.78, 5) is 1.89. The lowest BCUT2D eigenvalue weighted by Crippen LogP contribution is -2.38. The van der Waals surface area contributed by atoms with E-state index in [1.807, 2.05) is 4.90 Å². The molecule has 3 nitrogen and oxygen atoms in total. The Kier molecular flexibility index (Phi) is 7.10. The molecule has 0 amide bonds. The summed E-state index contributed by atoms with van der Waals surface area (Å²) in [5, 5.41) is 2.86. The quantitative estimate of drug-likeness (QED) is 0.755. The highest BCUT2D eigenvalue weighted by Crippen LogP contribution is 2.27. The lowest BCUT2D eigenvalue weighted by atomic mass is 10.1. The van der Waals surface area contributed by atoms with Gasteiger partial charge in [-0.1, -0.05) is 13.8 Å². The molecule has 1 rings (SSSR count). The number of ether oxygens (including phenoxy) is 1. The lowest BCUT2D eigenvalue weighted by molar-refractivity contribution is -0.175. The fraction of sp³-hybridized carbons (Fsp3) is 1.00. The van der Waals surface area contributed by atoms with Gasteiger partial charge in [0.2, 0.25) is 0 Å². The van der Waals surface area contributed by atoms with Crippen molar-refractivity contribution in [3.05, 3.63) is 0 Å². The van der Waals surface area contributed by atoms with Crippen LogP contribution < -0.4 is 5.32 Å². The Labute approximate surface area is 113 Å². The third-order valence-electron chi connectivity index (χ3n) is 3.15. The zero-order chi connectivity index (χ0) is 14.3. The van der Waals surface area contributed by atoms with E-state index >= 15 is 0 Å². The van der Waals surface area contributed by atoms with Crippen LogP contribution in [0.5, 0.6) is 0 Å². The van der Waals surface area contributed by atoms with Crippen molar-refractivity contribution in [1.82, 2.24) is 10.2 Å². The standard InChI is InChI=1S/C13H25F3N2O/c1-11(2)10-19-7-3-5-18-6-4-17-8-12(9-18)13(14,15)16/h11-12,17H,3-10H2,1-2H3. The van der Waals surface area contributed by atoms with Crippen molar-refractivity contribution in [3.8, 4) is 0 Å². The van der Waals surface area contributed by atoms with E-state index in [4.69, 9.17) is 4.74 Å². The first-order valence-electron chi connectivity index (χ1n) is 6.97. The molecular weight excluding hydrogens is 257 g/mol. The number of halogens is 3. The van der Waals surface area contributed by atoms with Crippen molar-refractivity contribution in [2.75, 3.05) is 45.9 Å². The number of rotatable bonds is 6. The Bertz CT molecular complexity index is 247. The van der Waals surface area contributed by atoms with Gasteiger partial charge in [-0.25, -0.2) is 0 Å². The molecule has 1 atom stereocenters. The van der Waals surface area contributed by atoms with Crippen LogP contribution in [0.4, 0.5) is 13.2 Å². The maximum atomic E-state index is 12.7. The molecule has 114 valence electrons. The van der Waals surface area contributed by atoms with Crippen molar-refractivity contribution in [2.24, 2.45) is 11.8 Å². The van der Waals surface area contributed by atoms with Crippen LogP contribution in [0.3, 0.4) is 0 Å². The Morgan fingerprint density at radius 2 is 2.11 bits per heavy atom. The third-order valence-corrected chi connectivity index (χ3v) is 3.15. The smallest absolute Gasteiger partial charge is 0.381 e. The van der Waals surface area contributed by atoms with Crippen molar-refractivity contribution >= 4 is 0 Å². The predicted molar refractivity (Wildman–Crippen MR) is 69.1 cm³/mol. The van der Waals surface area contributed by atoms with E-state index in [2.05, 4.69) is 19.2 Å². The topological polar surface area (TPSA) is 24.5 Å². The van der Waals surface area contributed by atoms with Gasteiger partial charge in [-0.05, 0) is 12.3 Å². The SMILES string of the molecule is CC(C)COCCCN1CCNCC(C(F)(F)F)C1. The summed E-state index contributed by atoms with van der Waals surface area (Å²) in [5.41, 5.74) is 0. The lowest BCUT2D eigenvalue weighted by Gasteiger charge is -2.25. The largest absolute Gasteiger partial charge is 0.394 e. The first kappa shape index (κ1) is 16.7. The van der Waals surface area contributed by atoms with Gasteiger partial charge in [0.05, 0.1) is 5.92 Å². The number of nitrogens with one attached hydrogen (secondary N) is 1. The highest BCUT2D eigenvalue weighted by Gasteiger charge is 2.40. The van der Waals surface area contributed by atoms with E-state index in [-0.39, 0.29) is 13.1 Å². The average Bonchev–Trinajstić information content (AvgIpc) is 2.53. The number of nitrogens with zero attached hydrogens (tertiary/aromatic N) is 1. The molecule has 1 aliphatic heterocycles. The van der Waals surface area contributed by atoms with Crippen LogP contribution in [-0.2, 0) is 4.74 Å². The third kappa shape index (κ3) is 7.13. The van der Waals surface area contributed by atoms with E-state index in [1.54, 1.807) is 0 Å². The molecule has 0 aromatic rings. The molecule has 6 heteroatoms. The maximum Gasteiger partial charge on any atom is 0.394 e. The highest BCUT2D eigenvalue weighted by atomic mass is 19.4. The number of hydrogen-bond acceptors (Lipinski definition) is 3. The Balaban J connectivity index is 2.24. The molecule has 0 radical (unpaired) electrons. The Morgan fingerprint density at radius 3 is 2.74 bits per heavy atom. The van der Waals surface area contributed by atoms with E-state index < -0.39 is 12.1 Å². The predicted octanol–water partition coefficient (Wildman–Crippen LogP) is 2.13. The fourth-order valence-electron chi connectivity index (χ4n) is 2.11. The fourth-order valence-corrected chi connectivity index (χ4v) is 2.11. The average molecular weight is 282 g/mol. The molecule has 1 heterocycles. The molecule has 19 heavy (non-hydrogen) atoms. The summed E-state index contributed by atoms with van der Waals surface area (Å²) < 4.78 is 43.7. The Hall–Kier alpha value is -0.330. The van der Waals surface area contributed by atoms with Gasteiger partial charge >= 0.3 is 6.18 Å². The minimum Gasteiger partial charge on any atom is -0.381 e. The summed E-state index contributed by atoms with van der Waals surface area (Å²) >= 11 is 0. The van der Waals surface area contributed by atoms with Crippen molar-refractivity contribution in [1.29, 1.82) is 0 Å². The molecule has 1 unspecified atom stereocenters. The van der Waals surface area contributed by atoms with Gasteiger partial charge in [0.25, 0.3) is 0 Å². The first-order valence-corrected chi connectivity index (χ1v) is 6.97.